The third-order valence-corrected chi connectivity index (χ3v) is 2.46. The lowest BCUT2D eigenvalue weighted by Crippen LogP contribution is -2.23. The maximum Gasteiger partial charge on any atom is 0.134 e. The fourth-order valence-electron chi connectivity index (χ4n) is 1.62. The van der Waals surface area contributed by atoms with Crippen molar-refractivity contribution in [2.45, 2.75) is 71.3 Å². The lowest BCUT2D eigenvalue weighted by Gasteiger charge is -2.08. The van der Waals surface area contributed by atoms with Gasteiger partial charge in [-0.1, -0.05) is 39.5 Å². The molecule has 0 aliphatic heterocycles. The van der Waals surface area contributed by atoms with Gasteiger partial charge in [0, 0.05) is 18.9 Å². The first-order chi connectivity index (χ1) is 6.70. The number of hydrogen-bond acceptors (Lipinski definition) is 2. The van der Waals surface area contributed by atoms with Crippen molar-refractivity contribution < 1.29 is 4.79 Å². The van der Waals surface area contributed by atoms with Crippen LogP contribution < -0.4 is 5.73 Å². The van der Waals surface area contributed by atoms with Gasteiger partial charge >= 0.3 is 0 Å². The van der Waals surface area contributed by atoms with Crippen molar-refractivity contribution in [1.82, 2.24) is 0 Å². The lowest BCUT2D eigenvalue weighted by molar-refractivity contribution is -0.119. The molecular weight excluding hydrogens is 174 g/mol. The molecule has 0 aliphatic carbocycles. The molecule has 2 nitrogen and oxygen atoms in total. The SMILES string of the molecule is CCCCCCC(=O)CC(N)CCC. The number of nitrogens with two attached hydrogens (primary N) is 1. The Morgan fingerprint density at radius 3 is 2.43 bits per heavy atom. The van der Waals surface area contributed by atoms with Crippen LogP contribution in [0.15, 0.2) is 0 Å². The molecule has 0 aromatic carbocycles. The van der Waals surface area contributed by atoms with Gasteiger partial charge in [-0.05, 0) is 12.8 Å². The minimum Gasteiger partial charge on any atom is -0.327 e. The summed E-state index contributed by atoms with van der Waals surface area (Å²) in [7, 11) is 0. The number of unbranched alkanes of at least 4 members (excludes halogenated alkanes) is 3. The molecule has 0 aromatic rings. The van der Waals surface area contributed by atoms with Crippen molar-refractivity contribution in [1.29, 1.82) is 0 Å². The van der Waals surface area contributed by atoms with Crippen molar-refractivity contribution in [3.8, 4) is 0 Å². The van der Waals surface area contributed by atoms with E-state index in [1.165, 1.54) is 19.3 Å². The van der Waals surface area contributed by atoms with Crippen LogP contribution in [0.5, 0.6) is 0 Å². The largest absolute Gasteiger partial charge is 0.327 e. The Labute approximate surface area is 88.3 Å². The van der Waals surface area contributed by atoms with Crippen LogP contribution in [0.4, 0.5) is 0 Å². The van der Waals surface area contributed by atoms with Gasteiger partial charge in [0.25, 0.3) is 0 Å². The van der Waals surface area contributed by atoms with Crippen LogP contribution in [0, 0.1) is 0 Å². The molecule has 84 valence electrons. The summed E-state index contributed by atoms with van der Waals surface area (Å²) in [4.78, 5) is 11.4. The van der Waals surface area contributed by atoms with E-state index in [1.807, 2.05) is 0 Å². The van der Waals surface area contributed by atoms with Gasteiger partial charge in [0.2, 0.25) is 0 Å². The van der Waals surface area contributed by atoms with Crippen LogP contribution in [-0.4, -0.2) is 11.8 Å². The highest BCUT2D eigenvalue weighted by Gasteiger charge is 2.07. The molecule has 0 radical (unpaired) electrons. The van der Waals surface area contributed by atoms with E-state index in [0.29, 0.717) is 12.2 Å². The zero-order chi connectivity index (χ0) is 10.8. The van der Waals surface area contributed by atoms with E-state index in [4.69, 9.17) is 5.73 Å². The van der Waals surface area contributed by atoms with E-state index in [9.17, 15) is 4.79 Å². The van der Waals surface area contributed by atoms with Crippen molar-refractivity contribution >= 4 is 5.78 Å². The summed E-state index contributed by atoms with van der Waals surface area (Å²) in [5.41, 5.74) is 5.79. The average Bonchev–Trinajstić information content (AvgIpc) is 2.13. The van der Waals surface area contributed by atoms with Crippen LogP contribution in [0.3, 0.4) is 0 Å². The zero-order valence-electron chi connectivity index (χ0n) is 9.72. The minimum absolute atomic E-state index is 0.0960. The monoisotopic (exact) mass is 199 g/mol. The highest BCUT2D eigenvalue weighted by molar-refractivity contribution is 5.78. The van der Waals surface area contributed by atoms with E-state index in [-0.39, 0.29) is 6.04 Å². The molecule has 0 amide bonds. The van der Waals surface area contributed by atoms with Gasteiger partial charge in [-0.25, -0.2) is 0 Å². The zero-order valence-corrected chi connectivity index (χ0v) is 9.72. The second-order valence-electron chi connectivity index (χ2n) is 4.10. The second-order valence-corrected chi connectivity index (χ2v) is 4.10. The number of carbonyl (C=O) groups is 1. The van der Waals surface area contributed by atoms with Crippen molar-refractivity contribution in [2.75, 3.05) is 0 Å². The lowest BCUT2D eigenvalue weighted by atomic mass is 10.0. The first-order valence-electron chi connectivity index (χ1n) is 5.98. The fourth-order valence-corrected chi connectivity index (χ4v) is 1.62. The summed E-state index contributed by atoms with van der Waals surface area (Å²) < 4.78 is 0. The molecule has 0 rings (SSSR count). The average molecular weight is 199 g/mol. The topological polar surface area (TPSA) is 43.1 Å². The van der Waals surface area contributed by atoms with Gasteiger partial charge in [0.15, 0.2) is 0 Å². The van der Waals surface area contributed by atoms with Gasteiger partial charge in [0.05, 0.1) is 0 Å². The number of carbonyl (C=O) groups excluding carboxylic acids is 1. The van der Waals surface area contributed by atoms with Gasteiger partial charge in [0.1, 0.15) is 5.78 Å². The molecule has 0 heterocycles. The Balaban J connectivity index is 3.35. The van der Waals surface area contributed by atoms with Crippen molar-refractivity contribution in [2.24, 2.45) is 5.73 Å². The van der Waals surface area contributed by atoms with Gasteiger partial charge in [-0.15, -0.1) is 0 Å². The smallest absolute Gasteiger partial charge is 0.134 e. The molecule has 0 aromatic heterocycles. The first-order valence-corrected chi connectivity index (χ1v) is 5.98. The van der Waals surface area contributed by atoms with Crippen LogP contribution >= 0.6 is 0 Å². The summed E-state index contributed by atoms with van der Waals surface area (Å²) in [6.45, 7) is 4.28. The molecule has 0 bridgehead atoms. The molecular formula is C12H25NO. The molecule has 1 unspecified atom stereocenters. The Morgan fingerprint density at radius 1 is 1.14 bits per heavy atom. The minimum atomic E-state index is 0.0960. The highest BCUT2D eigenvalue weighted by atomic mass is 16.1. The van der Waals surface area contributed by atoms with Crippen LogP contribution in [0.2, 0.25) is 0 Å². The van der Waals surface area contributed by atoms with Gasteiger partial charge < -0.3 is 5.73 Å². The number of rotatable bonds is 9. The third-order valence-electron chi connectivity index (χ3n) is 2.46. The number of hydrogen-bond donors (Lipinski definition) is 1. The van der Waals surface area contributed by atoms with Crippen LogP contribution in [0.1, 0.15) is 65.2 Å². The molecule has 0 aliphatic rings. The summed E-state index contributed by atoms with van der Waals surface area (Å²) >= 11 is 0. The second kappa shape index (κ2) is 9.20. The molecule has 2 heteroatoms. The van der Waals surface area contributed by atoms with E-state index < -0.39 is 0 Å². The van der Waals surface area contributed by atoms with E-state index >= 15 is 0 Å². The third kappa shape index (κ3) is 8.24. The molecule has 0 saturated heterocycles. The summed E-state index contributed by atoms with van der Waals surface area (Å²) in [5.74, 6) is 0.349. The molecule has 0 saturated carbocycles. The van der Waals surface area contributed by atoms with Crippen molar-refractivity contribution in [3.05, 3.63) is 0 Å². The standard InChI is InChI=1S/C12H25NO/c1-3-5-6-7-9-12(14)10-11(13)8-4-2/h11H,3-10,13H2,1-2H3. The maximum absolute atomic E-state index is 11.4. The predicted molar refractivity (Wildman–Crippen MR) is 61.3 cm³/mol. The summed E-state index contributed by atoms with van der Waals surface area (Å²) in [6.07, 6.45) is 8.07. The Kier molecular flexibility index (Phi) is 8.95. The Morgan fingerprint density at radius 2 is 1.86 bits per heavy atom. The van der Waals surface area contributed by atoms with E-state index in [0.717, 1.165) is 25.7 Å². The van der Waals surface area contributed by atoms with E-state index in [2.05, 4.69) is 13.8 Å². The number of ketones is 1. The Bertz CT molecular complexity index is 145. The highest BCUT2D eigenvalue weighted by Crippen LogP contribution is 2.07. The van der Waals surface area contributed by atoms with Crippen LogP contribution in [0.25, 0.3) is 0 Å². The first kappa shape index (κ1) is 13.6. The van der Waals surface area contributed by atoms with Crippen LogP contribution in [-0.2, 0) is 4.79 Å². The summed E-state index contributed by atoms with van der Waals surface area (Å²) in [5, 5.41) is 0. The maximum atomic E-state index is 11.4. The predicted octanol–water partition coefficient (Wildman–Crippen LogP) is 3.04. The number of Topliss-reactive ketones (excluding diaryl/α,β-unsaturated/α-hetero) is 1. The van der Waals surface area contributed by atoms with Gasteiger partial charge in [-0.2, -0.15) is 0 Å². The molecule has 2 N–H and O–H groups in total. The van der Waals surface area contributed by atoms with E-state index in [1.54, 1.807) is 0 Å². The Hall–Kier alpha value is -0.370. The molecule has 0 spiro atoms. The molecule has 14 heavy (non-hydrogen) atoms. The summed E-state index contributed by atoms with van der Waals surface area (Å²) in [6, 6.07) is 0.0960. The quantitative estimate of drug-likeness (QED) is 0.580. The molecule has 1 atom stereocenters. The fraction of sp³-hybridized carbons (Fsp3) is 0.917. The van der Waals surface area contributed by atoms with Crippen molar-refractivity contribution in [3.63, 3.8) is 0 Å². The van der Waals surface area contributed by atoms with Gasteiger partial charge in [-0.3, -0.25) is 4.79 Å². The molecule has 0 fully saturated rings. The normalized spacial score (nSPS) is 12.8.